The van der Waals surface area contributed by atoms with Crippen LogP contribution in [0.2, 0.25) is 0 Å². The number of rotatable bonds is 4. The highest BCUT2D eigenvalue weighted by atomic mass is 16.7. The molecular formula is C17H26BO4+. The Kier molecular flexibility index (Phi) is 4.42. The van der Waals surface area contributed by atoms with Crippen molar-refractivity contribution in [1.29, 1.82) is 0 Å². The highest BCUT2D eigenvalue weighted by Gasteiger charge is 2.57. The minimum atomic E-state index is -0.616. The highest BCUT2D eigenvalue weighted by Crippen LogP contribution is 2.38. The van der Waals surface area contributed by atoms with Crippen molar-refractivity contribution in [3.8, 4) is 11.5 Å². The second kappa shape index (κ2) is 5.71. The lowest BCUT2D eigenvalue weighted by atomic mass is 9.77. The zero-order chi connectivity index (χ0) is 16.7. The lowest BCUT2D eigenvalue weighted by molar-refractivity contribution is 0.0262. The Morgan fingerprint density at radius 2 is 1.55 bits per heavy atom. The molecule has 1 fully saturated rings. The van der Waals surface area contributed by atoms with E-state index >= 15 is 0 Å². The molecule has 5 heteroatoms. The Morgan fingerprint density at radius 3 is 1.86 bits per heavy atom. The highest BCUT2D eigenvalue weighted by molar-refractivity contribution is 6.62. The Hall–Kier alpha value is -1.33. The molecule has 1 heterocycles. The number of methoxy groups -OCH3 is 2. The second-order valence-electron chi connectivity index (χ2n) is 6.80. The maximum atomic E-state index is 6.05. The molecule has 0 N–H and O–H groups in total. The third-order valence-corrected chi connectivity index (χ3v) is 4.46. The third kappa shape index (κ3) is 2.80. The molecule has 1 aromatic rings. The molecule has 1 atom stereocenters. The van der Waals surface area contributed by atoms with E-state index in [0.717, 1.165) is 22.5 Å². The van der Waals surface area contributed by atoms with E-state index < -0.39 is 18.3 Å². The zero-order valence-electron chi connectivity index (χ0n) is 14.6. The Labute approximate surface area is 134 Å². The normalized spacial score (nSPS) is 23.9. The number of hydrogen-bond donors (Lipinski definition) is 0. The van der Waals surface area contributed by atoms with Crippen molar-refractivity contribution >= 4 is 12.6 Å². The van der Waals surface area contributed by atoms with Crippen LogP contribution in [0.15, 0.2) is 12.1 Å². The summed E-state index contributed by atoms with van der Waals surface area (Å²) in [5, 5.41) is 0. The summed E-state index contributed by atoms with van der Waals surface area (Å²) in [5.41, 5.74) is 0.825. The molecular weight excluding hydrogens is 279 g/mol. The average Bonchev–Trinajstić information content (AvgIpc) is 2.65. The van der Waals surface area contributed by atoms with Gasteiger partial charge in [0.25, 0.3) is 0 Å². The molecule has 0 bridgehead atoms. The molecule has 1 saturated heterocycles. The van der Waals surface area contributed by atoms with Crippen LogP contribution >= 0.6 is 0 Å². The first-order chi connectivity index (χ1) is 10.1. The topological polar surface area (TPSA) is 36.9 Å². The zero-order valence-corrected chi connectivity index (χ0v) is 14.6. The number of ether oxygens (including phenoxy) is 2. The molecule has 22 heavy (non-hydrogen) atoms. The van der Waals surface area contributed by atoms with E-state index in [1.807, 2.05) is 32.9 Å². The van der Waals surface area contributed by atoms with Crippen molar-refractivity contribution in [2.75, 3.05) is 14.2 Å². The van der Waals surface area contributed by atoms with Crippen molar-refractivity contribution in [2.45, 2.75) is 51.7 Å². The van der Waals surface area contributed by atoms with Gasteiger partial charge in [-0.1, -0.05) is 13.8 Å². The smallest absolute Gasteiger partial charge is 0.496 e. The fourth-order valence-corrected chi connectivity index (χ4v) is 2.59. The van der Waals surface area contributed by atoms with E-state index in [4.69, 9.17) is 18.8 Å². The standard InChI is InChI=1S/C17H26BO4/c1-11(2)15-13(19-7)9-12(10-14(15)20-8)18-21-16(3,4)17(5,6)22-18/h9-11H,3H2,1-2,4-8H3/q+1. The predicted molar refractivity (Wildman–Crippen MR) is 89.0 cm³/mol. The summed E-state index contributed by atoms with van der Waals surface area (Å²) in [7, 11) is 2.84. The number of benzene rings is 1. The van der Waals surface area contributed by atoms with Crippen LogP contribution in [0.4, 0.5) is 0 Å². The summed E-state index contributed by atoms with van der Waals surface area (Å²) in [6.07, 6.45) is 0. The van der Waals surface area contributed by atoms with Crippen molar-refractivity contribution in [3.63, 3.8) is 0 Å². The van der Waals surface area contributed by atoms with Crippen molar-refractivity contribution in [1.82, 2.24) is 0 Å². The van der Waals surface area contributed by atoms with Gasteiger partial charge in [0.15, 0.2) is 0 Å². The monoisotopic (exact) mass is 305 g/mol. The van der Waals surface area contributed by atoms with E-state index in [1.54, 1.807) is 14.2 Å². The van der Waals surface area contributed by atoms with Gasteiger partial charge in [0.05, 0.1) is 21.1 Å². The summed E-state index contributed by atoms with van der Waals surface area (Å²) in [5.74, 6) is 1.86. The van der Waals surface area contributed by atoms with E-state index in [-0.39, 0.29) is 0 Å². The summed E-state index contributed by atoms with van der Waals surface area (Å²) < 4.78 is 23.2. The summed E-state index contributed by atoms with van der Waals surface area (Å²) in [6, 6.07) is 3.92. The SMILES string of the molecule is [CH2+]C1(C)OB(c2cc(OC)c(C(C)C)c(OC)c2)OC1(C)C. The molecule has 1 aliphatic heterocycles. The van der Waals surface area contributed by atoms with Crippen LogP contribution in [-0.2, 0) is 9.31 Å². The van der Waals surface area contributed by atoms with Crippen LogP contribution in [-0.4, -0.2) is 32.5 Å². The van der Waals surface area contributed by atoms with Crippen LogP contribution in [0.5, 0.6) is 11.5 Å². The van der Waals surface area contributed by atoms with Crippen LogP contribution in [0.25, 0.3) is 0 Å². The van der Waals surface area contributed by atoms with Crippen molar-refractivity contribution in [3.05, 3.63) is 24.6 Å². The van der Waals surface area contributed by atoms with Gasteiger partial charge in [-0.3, -0.25) is 0 Å². The fraction of sp³-hybridized carbons (Fsp3) is 0.588. The van der Waals surface area contributed by atoms with Gasteiger partial charge in [-0.2, -0.15) is 0 Å². The van der Waals surface area contributed by atoms with Gasteiger partial charge in [0.1, 0.15) is 17.1 Å². The van der Waals surface area contributed by atoms with Crippen molar-refractivity contribution < 1.29 is 18.8 Å². The molecule has 1 aromatic carbocycles. The lowest BCUT2D eigenvalue weighted by Crippen LogP contribution is -2.42. The van der Waals surface area contributed by atoms with Crippen LogP contribution in [0.1, 0.15) is 46.1 Å². The molecule has 1 aliphatic rings. The average molecular weight is 305 g/mol. The maximum absolute atomic E-state index is 6.05. The Morgan fingerprint density at radius 1 is 1.05 bits per heavy atom. The van der Waals surface area contributed by atoms with E-state index in [9.17, 15) is 0 Å². The fourth-order valence-electron chi connectivity index (χ4n) is 2.59. The molecule has 120 valence electrons. The van der Waals surface area contributed by atoms with E-state index in [0.29, 0.717) is 5.92 Å². The summed E-state index contributed by atoms with van der Waals surface area (Å²) in [4.78, 5) is 0. The van der Waals surface area contributed by atoms with Gasteiger partial charge in [-0.15, -0.1) is 0 Å². The lowest BCUT2D eigenvalue weighted by Gasteiger charge is -2.25. The first-order valence-electron chi connectivity index (χ1n) is 7.59. The van der Waals surface area contributed by atoms with Gasteiger partial charge in [-0.05, 0) is 37.4 Å². The first-order valence-corrected chi connectivity index (χ1v) is 7.59. The maximum Gasteiger partial charge on any atom is 0.498 e. The predicted octanol–water partition coefficient (Wildman–Crippen LogP) is 2.94. The summed E-state index contributed by atoms with van der Waals surface area (Å²) in [6.45, 7) is 14.2. The van der Waals surface area contributed by atoms with Gasteiger partial charge < -0.3 is 18.8 Å². The van der Waals surface area contributed by atoms with Crippen LogP contribution in [0.3, 0.4) is 0 Å². The molecule has 1 unspecified atom stereocenters. The van der Waals surface area contributed by atoms with Gasteiger partial charge in [0, 0.05) is 12.5 Å². The molecule has 0 saturated carbocycles. The second-order valence-corrected chi connectivity index (χ2v) is 6.80. The van der Waals surface area contributed by atoms with Crippen molar-refractivity contribution in [2.24, 2.45) is 0 Å². The van der Waals surface area contributed by atoms with Gasteiger partial charge >= 0.3 is 7.12 Å². The Balaban J connectivity index is 2.46. The van der Waals surface area contributed by atoms with Gasteiger partial charge in [-0.25, -0.2) is 0 Å². The number of hydrogen-bond acceptors (Lipinski definition) is 4. The molecule has 0 aliphatic carbocycles. The minimum absolute atomic E-state index is 0.291. The molecule has 0 spiro atoms. The molecule has 0 amide bonds. The molecule has 4 nitrogen and oxygen atoms in total. The van der Waals surface area contributed by atoms with Gasteiger partial charge in [0.2, 0.25) is 5.60 Å². The third-order valence-electron chi connectivity index (χ3n) is 4.46. The molecule has 2 rings (SSSR count). The molecule has 0 radical (unpaired) electrons. The van der Waals surface area contributed by atoms with Crippen LogP contribution in [0, 0.1) is 6.92 Å². The first kappa shape index (κ1) is 17.0. The minimum Gasteiger partial charge on any atom is -0.496 e. The largest absolute Gasteiger partial charge is 0.498 e. The van der Waals surface area contributed by atoms with E-state index in [2.05, 4.69) is 20.8 Å². The summed E-state index contributed by atoms with van der Waals surface area (Å²) >= 11 is 0. The Bertz CT molecular complexity index is 511. The van der Waals surface area contributed by atoms with E-state index in [1.165, 1.54) is 0 Å². The molecule has 0 aromatic heterocycles. The quantitative estimate of drug-likeness (QED) is 0.633. The van der Waals surface area contributed by atoms with Crippen LogP contribution < -0.4 is 14.9 Å².